The van der Waals surface area contributed by atoms with Crippen molar-refractivity contribution in [1.82, 2.24) is 5.32 Å². The first-order valence-electron chi connectivity index (χ1n) is 8.00. The zero-order valence-electron chi connectivity index (χ0n) is 13.1. The lowest BCUT2D eigenvalue weighted by Gasteiger charge is -2.18. The van der Waals surface area contributed by atoms with Crippen LogP contribution in [0.2, 0.25) is 0 Å². The lowest BCUT2D eigenvalue weighted by molar-refractivity contribution is -0.138. The van der Waals surface area contributed by atoms with Gasteiger partial charge in [0.25, 0.3) is 0 Å². The molecular formula is C17H19F3N2O2. The number of nitrogens with one attached hydrogen (secondary N) is 1. The summed E-state index contributed by atoms with van der Waals surface area (Å²) in [4.78, 5) is 4.48. The molecule has 2 aliphatic rings. The Morgan fingerprint density at radius 3 is 2.79 bits per heavy atom. The lowest BCUT2D eigenvalue weighted by atomic mass is 10.0. The summed E-state index contributed by atoms with van der Waals surface area (Å²) in [6, 6.07) is 3.44. The highest BCUT2D eigenvalue weighted by molar-refractivity contribution is 5.88. The number of hydrogen-bond acceptors (Lipinski definition) is 4. The minimum Gasteiger partial charge on any atom is -0.507 e. The van der Waals surface area contributed by atoms with Gasteiger partial charge in [-0.15, -0.1) is 0 Å². The fraction of sp³-hybridized carbons (Fsp3) is 0.471. The number of hydrogen-bond donors (Lipinski definition) is 2. The highest BCUT2D eigenvalue weighted by Gasteiger charge is 2.34. The molecular weight excluding hydrogens is 321 g/mol. The van der Waals surface area contributed by atoms with Crippen LogP contribution in [0, 0.1) is 0 Å². The van der Waals surface area contributed by atoms with Crippen LogP contribution < -0.4 is 5.32 Å². The second-order valence-corrected chi connectivity index (χ2v) is 5.91. The summed E-state index contributed by atoms with van der Waals surface area (Å²) in [5.74, 6) is -0.254. The number of aliphatic imine (C=N–C) groups is 1. The highest BCUT2D eigenvalue weighted by atomic mass is 19.4. The molecule has 2 aliphatic heterocycles. The Morgan fingerprint density at radius 2 is 2.08 bits per heavy atom. The zero-order valence-corrected chi connectivity index (χ0v) is 13.1. The van der Waals surface area contributed by atoms with Crippen molar-refractivity contribution in [2.24, 2.45) is 4.99 Å². The standard InChI is InChI=1S/C17H19F3N2O2/c18-17(19,20)12-10-11(6-7-15(12)23)13-4-1-2-9-24-16(22-13)14-5-3-8-21-14/h4,6-7,10,14,21,23H,1-3,5,8-9H2/b13-4+,22-16?/t14-/m0/s1. The van der Waals surface area contributed by atoms with Gasteiger partial charge in [-0.05, 0) is 50.4 Å². The molecule has 0 aromatic heterocycles. The molecule has 1 fully saturated rings. The maximum Gasteiger partial charge on any atom is 0.419 e. The molecule has 3 rings (SSSR count). The minimum atomic E-state index is -4.61. The summed E-state index contributed by atoms with van der Waals surface area (Å²) in [5.41, 5.74) is -0.287. The second-order valence-electron chi connectivity index (χ2n) is 5.91. The SMILES string of the molecule is Oc1ccc(/C2=C\CCCOC([C@@H]3CCCN3)=N2)cc1C(F)(F)F. The number of rotatable bonds is 2. The van der Waals surface area contributed by atoms with E-state index in [4.69, 9.17) is 4.74 Å². The maximum atomic E-state index is 13.0. The molecule has 4 nitrogen and oxygen atoms in total. The molecule has 1 aromatic carbocycles. The Hall–Kier alpha value is -2.02. The Morgan fingerprint density at radius 1 is 1.25 bits per heavy atom. The van der Waals surface area contributed by atoms with Crippen LogP contribution in [-0.2, 0) is 10.9 Å². The van der Waals surface area contributed by atoms with Crippen LogP contribution in [0.25, 0.3) is 5.70 Å². The van der Waals surface area contributed by atoms with Crippen molar-refractivity contribution in [3.8, 4) is 5.75 Å². The molecule has 7 heteroatoms. The number of aromatic hydroxyl groups is 1. The van der Waals surface area contributed by atoms with Gasteiger partial charge in [0, 0.05) is 5.56 Å². The number of phenolic OH excluding ortho intramolecular Hbond substituents is 1. The van der Waals surface area contributed by atoms with Crippen molar-refractivity contribution in [2.75, 3.05) is 13.2 Å². The van der Waals surface area contributed by atoms with E-state index >= 15 is 0 Å². The molecule has 0 spiro atoms. The van der Waals surface area contributed by atoms with Crippen molar-refractivity contribution >= 4 is 11.6 Å². The van der Waals surface area contributed by atoms with Gasteiger partial charge >= 0.3 is 6.18 Å². The first-order valence-corrected chi connectivity index (χ1v) is 8.00. The topological polar surface area (TPSA) is 53.9 Å². The van der Waals surface area contributed by atoms with Crippen LogP contribution in [0.3, 0.4) is 0 Å². The molecule has 2 N–H and O–H groups in total. The number of alkyl halides is 3. The summed E-state index contributed by atoms with van der Waals surface area (Å²) in [6.07, 6.45) is 0.577. The zero-order chi connectivity index (χ0) is 17.2. The first-order chi connectivity index (χ1) is 11.4. The average molecular weight is 340 g/mol. The smallest absolute Gasteiger partial charge is 0.419 e. The van der Waals surface area contributed by atoms with E-state index in [9.17, 15) is 18.3 Å². The van der Waals surface area contributed by atoms with Crippen LogP contribution >= 0.6 is 0 Å². The number of halogens is 3. The molecule has 24 heavy (non-hydrogen) atoms. The third-order valence-electron chi connectivity index (χ3n) is 4.12. The van der Waals surface area contributed by atoms with Crippen LogP contribution in [0.15, 0.2) is 29.3 Å². The normalized spacial score (nSPS) is 24.4. The Kier molecular flexibility index (Phi) is 4.80. The van der Waals surface area contributed by atoms with E-state index in [-0.39, 0.29) is 6.04 Å². The van der Waals surface area contributed by atoms with Crippen molar-refractivity contribution in [3.05, 3.63) is 35.4 Å². The predicted molar refractivity (Wildman–Crippen MR) is 84.7 cm³/mol. The van der Waals surface area contributed by atoms with Gasteiger partial charge < -0.3 is 15.2 Å². The predicted octanol–water partition coefficient (Wildman–Crippen LogP) is 3.71. The Labute approximate surface area is 138 Å². The van der Waals surface area contributed by atoms with Gasteiger partial charge in [-0.2, -0.15) is 13.2 Å². The maximum absolute atomic E-state index is 13.0. The number of ether oxygens (including phenoxy) is 1. The molecule has 0 saturated carbocycles. The van der Waals surface area contributed by atoms with Gasteiger partial charge in [0.15, 0.2) is 0 Å². The molecule has 0 bridgehead atoms. The van der Waals surface area contributed by atoms with Crippen LogP contribution in [-0.4, -0.2) is 30.2 Å². The van der Waals surface area contributed by atoms with Crippen LogP contribution in [0.1, 0.15) is 36.8 Å². The minimum absolute atomic E-state index is 0.00528. The molecule has 1 atom stereocenters. The number of nitrogens with zero attached hydrogens (tertiary/aromatic N) is 1. The molecule has 0 radical (unpaired) electrons. The van der Waals surface area contributed by atoms with Gasteiger partial charge in [0.2, 0.25) is 5.90 Å². The van der Waals surface area contributed by atoms with E-state index in [1.54, 1.807) is 0 Å². The van der Waals surface area contributed by atoms with Crippen molar-refractivity contribution in [2.45, 2.75) is 37.9 Å². The summed E-state index contributed by atoms with van der Waals surface area (Å²) >= 11 is 0. The second kappa shape index (κ2) is 6.84. The van der Waals surface area contributed by atoms with E-state index < -0.39 is 17.5 Å². The summed E-state index contributed by atoms with van der Waals surface area (Å²) in [6.45, 7) is 1.42. The van der Waals surface area contributed by atoms with Crippen molar-refractivity contribution in [3.63, 3.8) is 0 Å². The van der Waals surface area contributed by atoms with E-state index in [1.807, 2.05) is 6.08 Å². The molecule has 130 valence electrons. The van der Waals surface area contributed by atoms with Gasteiger partial charge in [0.1, 0.15) is 5.75 Å². The van der Waals surface area contributed by atoms with E-state index in [0.29, 0.717) is 30.2 Å². The quantitative estimate of drug-likeness (QED) is 0.863. The Balaban J connectivity index is 1.97. The molecule has 0 amide bonds. The molecule has 1 aromatic rings. The summed E-state index contributed by atoms with van der Waals surface area (Å²) < 4.78 is 44.8. The summed E-state index contributed by atoms with van der Waals surface area (Å²) in [7, 11) is 0. The molecule has 0 unspecified atom stereocenters. The average Bonchev–Trinajstić information content (AvgIpc) is 3.01. The fourth-order valence-corrected chi connectivity index (χ4v) is 2.87. The highest BCUT2D eigenvalue weighted by Crippen LogP contribution is 2.37. The third-order valence-corrected chi connectivity index (χ3v) is 4.12. The Bertz CT molecular complexity index is 662. The van der Waals surface area contributed by atoms with Crippen molar-refractivity contribution in [1.29, 1.82) is 0 Å². The summed E-state index contributed by atoms with van der Waals surface area (Å²) in [5, 5.41) is 12.8. The lowest BCUT2D eigenvalue weighted by Crippen LogP contribution is -2.33. The van der Waals surface area contributed by atoms with E-state index in [0.717, 1.165) is 37.9 Å². The van der Waals surface area contributed by atoms with E-state index in [1.165, 1.54) is 6.07 Å². The van der Waals surface area contributed by atoms with Gasteiger partial charge in [-0.1, -0.05) is 6.08 Å². The largest absolute Gasteiger partial charge is 0.507 e. The first kappa shape index (κ1) is 16.8. The van der Waals surface area contributed by atoms with E-state index in [2.05, 4.69) is 10.3 Å². The van der Waals surface area contributed by atoms with Gasteiger partial charge in [0.05, 0.1) is 23.9 Å². The molecule has 2 heterocycles. The number of phenols is 1. The number of allylic oxidation sites excluding steroid dienone is 1. The van der Waals surface area contributed by atoms with Crippen LogP contribution in [0.4, 0.5) is 13.2 Å². The fourth-order valence-electron chi connectivity index (χ4n) is 2.87. The monoisotopic (exact) mass is 340 g/mol. The number of benzene rings is 1. The van der Waals surface area contributed by atoms with Crippen molar-refractivity contribution < 1.29 is 23.0 Å². The molecule has 1 saturated heterocycles. The van der Waals surface area contributed by atoms with Gasteiger partial charge in [-0.3, -0.25) is 0 Å². The third kappa shape index (κ3) is 3.72. The molecule has 0 aliphatic carbocycles. The van der Waals surface area contributed by atoms with Crippen LogP contribution in [0.5, 0.6) is 5.75 Å². The van der Waals surface area contributed by atoms with Gasteiger partial charge in [-0.25, -0.2) is 4.99 Å².